The van der Waals surface area contributed by atoms with Crippen molar-refractivity contribution in [3.05, 3.63) is 12.2 Å². The molecule has 0 aliphatic carbocycles. The van der Waals surface area contributed by atoms with Crippen LogP contribution in [0.1, 0.15) is 206 Å². The molecular formula is C68H125NO28. The van der Waals surface area contributed by atoms with E-state index in [1.807, 2.05) is 6.08 Å². The monoisotopic (exact) mass is 1400 g/mol. The minimum Gasteiger partial charge on any atom is -0.394 e. The Hall–Kier alpha value is -1.87. The zero-order valence-corrected chi connectivity index (χ0v) is 57.3. The van der Waals surface area contributed by atoms with Gasteiger partial charge in [-0.15, -0.1) is 0 Å². The van der Waals surface area contributed by atoms with Crippen LogP contribution < -0.4 is 5.32 Å². The third-order valence-electron chi connectivity index (χ3n) is 19.3. The molecular weight excluding hydrogens is 1280 g/mol. The SMILES string of the molecule is CCCCCCCCCCCCC/C=C/[C@@H](O)[C@H](CO[C@@H]1OC(CO)[C@@H](O[C@@H]2OC(CO)[C@H](O[C@@H]3OC(CO)[C@H](O)[C@H](O[C@H]4OC(CO)[C@H](O)[C@H](O[C@H]5OC(CO)[C@H](O)[C@H](O)C5O)C4O)C3O)[C@H](O)C2O)[C@H](O)C1O)NC(=O)CCCCCCCCCCCCCCCCCCC. The third-order valence-corrected chi connectivity index (χ3v) is 19.3. The Bertz CT molecular complexity index is 2060. The molecule has 0 saturated carbocycles. The number of aliphatic hydroxyl groups is 17. The van der Waals surface area contributed by atoms with Gasteiger partial charge in [0.05, 0.1) is 51.8 Å². The Kier molecular flexibility index (Phi) is 42.0. The number of carbonyl (C=O) groups is 1. The maximum Gasteiger partial charge on any atom is 0.220 e. The number of nitrogens with one attached hydrogen (secondary N) is 1. The molecule has 0 bridgehead atoms. The summed E-state index contributed by atoms with van der Waals surface area (Å²) in [6.45, 7) is -0.654. The lowest BCUT2D eigenvalue weighted by molar-refractivity contribution is -0.394. The van der Waals surface area contributed by atoms with Crippen LogP contribution in [0.4, 0.5) is 0 Å². The van der Waals surface area contributed by atoms with Crippen LogP contribution in [0.25, 0.3) is 0 Å². The summed E-state index contributed by atoms with van der Waals surface area (Å²) in [5, 5.41) is 188. The Balaban J connectivity index is 1.15. The zero-order valence-electron chi connectivity index (χ0n) is 57.3. The van der Waals surface area contributed by atoms with E-state index >= 15 is 0 Å². The Morgan fingerprint density at radius 2 is 0.670 bits per heavy atom. The fourth-order valence-corrected chi connectivity index (χ4v) is 13.2. The predicted octanol–water partition coefficient (Wildman–Crippen LogP) is 0.244. The summed E-state index contributed by atoms with van der Waals surface area (Å²) in [5.74, 6) is -0.318. The molecule has 5 rings (SSSR count). The molecule has 0 spiro atoms. The average Bonchev–Trinajstić information content (AvgIpc) is 0.781. The maximum absolute atomic E-state index is 13.4. The lowest BCUT2D eigenvalue weighted by Gasteiger charge is -2.49. The van der Waals surface area contributed by atoms with Crippen LogP contribution >= 0.6 is 0 Å². The van der Waals surface area contributed by atoms with Crippen LogP contribution in [0.5, 0.6) is 0 Å². The van der Waals surface area contributed by atoms with Crippen LogP contribution in [-0.2, 0) is 52.2 Å². The van der Waals surface area contributed by atoms with E-state index in [1.165, 1.54) is 128 Å². The quantitative estimate of drug-likeness (QED) is 0.0287. The van der Waals surface area contributed by atoms with Crippen LogP contribution in [-0.4, -0.2) is 298 Å². The van der Waals surface area contributed by atoms with Gasteiger partial charge in [-0.3, -0.25) is 4.79 Å². The van der Waals surface area contributed by atoms with Crippen molar-refractivity contribution in [2.45, 2.75) is 372 Å². The van der Waals surface area contributed by atoms with Gasteiger partial charge in [0.1, 0.15) is 122 Å². The third kappa shape index (κ3) is 27.3. The normalized spacial score (nSPS) is 36.5. The number of hydrogen-bond acceptors (Lipinski definition) is 28. The number of amides is 1. The summed E-state index contributed by atoms with van der Waals surface area (Å²) in [4.78, 5) is 13.4. The highest BCUT2D eigenvalue weighted by Gasteiger charge is 2.57. The smallest absolute Gasteiger partial charge is 0.220 e. The van der Waals surface area contributed by atoms with Crippen molar-refractivity contribution in [1.29, 1.82) is 0 Å². The van der Waals surface area contributed by atoms with Crippen LogP contribution in [0, 0.1) is 0 Å². The van der Waals surface area contributed by atoms with Crippen LogP contribution in [0.2, 0.25) is 0 Å². The molecule has 10 unspecified atom stereocenters. The Morgan fingerprint density at radius 3 is 1.06 bits per heavy atom. The number of allylic oxidation sites excluding steroid dienone is 1. The summed E-state index contributed by atoms with van der Waals surface area (Å²) in [6.07, 6.45) is -10.8. The molecule has 97 heavy (non-hydrogen) atoms. The van der Waals surface area contributed by atoms with Crippen molar-refractivity contribution in [3.8, 4) is 0 Å². The van der Waals surface area contributed by atoms with Gasteiger partial charge in [0.25, 0.3) is 0 Å². The predicted molar refractivity (Wildman–Crippen MR) is 347 cm³/mol. The second kappa shape index (κ2) is 47.5. The Morgan fingerprint density at radius 1 is 0.361 bits per heavy atom. The summed E-state index contributed by atoms with van der Waals surface area (Å²) < 4.78 is 57.4. The molecule has 29 heteroatoms. The van der Waals surface area contributed by atoms with Gasteiger partial charge in [0.2, 0.25) is 5.91 Å². The van der Waals surface area contributed by atoms with E-state index in [4.69, 9.17) is 47.4 Å². The number of ether oxygens (including phenoxy) is 10. The summed E-state index contributed by atoms with van der Waals surface area (Å²) in [6, 6.07) is -1.03. The van der Waals surface area contributed by atoms with Crippen molar-refractivity contribution in [3.63, 3.8) is 0 Å². The first-order valence-electron chi connectivity index (χ1n) is 36.5. The largest absolute Gasteiger partial charge is 0.394 e. The fraction of sp³-hybridized carbons (Fsp3) is 0.956. The highest BCUT2D eigenvalue weighted by molar-refractivity contribution is 5.76. The Labute approximate surface area is 572 Å². The lowest BCUT2D eigenvalue weighted by atomic mass is 9.95. The van der Waals surface area contributed by atoms with Gasteiger partial charge in [0.15, 0.2) is 31.5 Å². The molecule has 0 aromatic heterocycles. The van der Waals surface area contributed by atoms with Gasteiger partial charge >= 0.3 is 0 Å². The topological polar surface area (TPSA) is 465 Å². The number of hydrogen-bond donors (Lipinski definition) is 18. The van der Waals surface area contributed by atoms with E-state index in [0.29, 0.717) is 12.8 Å². The summed E-state index contributed by atoms with van der Waals surface area (Å²) in [5.41, 5.74) is 0. The van der Waals surface area contributed by atoms with E-state index < -0.39 is 205 Å². The minimum atomic E-state index is -2.18. The minimum absolute atomic E-state index is 0.202. The molecule has 18 N–H and O–H groups in total. The standard InChI is InChI=1S/C68H125NO28/c1-3-5-7-9-11-13-15-17-18-19-20-22-24-26-28-30-32-34-48(76)69-41(42(75)33-31-29-27-25-23-21-16-14-12-10-8-6-4-2)40-88-64-56(84)53(81)60(46(38-73)92-64)94-66-57(85)54(82)61(47(39-74)93-66)95-67-58(86)63(51(79)44(36-71)90-67)97-68-59(87)62(50(78)45(37-72)91-68)96-65-55(83)52(80)49(77)43(35-70)89-65/h31,33,41-47,49-68,70-75,77-87H,3-30,32,34-40H2,1-2H3,(H,69,76)/b33-31+/t41-,42+,43?,44?,45?,46?,47?,49-,50-,51-,52-,53+,54+,55?,56?,57?,58?,59?,60+,61-,62-,63-,64+,65+,66-,67-,68+/m0/s1. The molecule has 5 aliphatic rings. The molecule has 0 aromatic rings. The van der Waals surface area contributed by atoms with Crippen molar-refractivity contribution in [1.82, 2.24) is 5.32 Å². The first-order valence-corrected chi connectivity index (χ1v) is 36.5. The molecule has 27 atom stereocenters. The van der Waals surface area contributed by atoms with E-state index in [1.54, 1.807) is 6.08 Å². The molecule has 29 nitrogen and oxygen atoms in total. The van der Waals surface area contributed by atoms with E-state index in [9.17, 15) is 91.6 Å². The van der Waals surface area contributed by atoms with Crippen LogP contribution in [0.15, 0.2) is 12.2 Å². The maximum atomic E-state index is 13.4. The van der Waals surface area contributed by atoms with Gasteiger partial charge in [0, 0.05) is 6.42 Å². The number of rotatable bonds is 49. The molecule has 0 aromatic carbocycles. The van der Waals surface area contributed by atoms with Gasteiger partial charge in [-0.2, -0.15) is 0 Å². The molecule has 1 amide bonds. The average molecular weight is 1400 g/mol. The summed E-state index contributed by atoms with van der Waals surface area (Å²) in [7, 11) is 0. The number of carbonyl (C=O) groups excluding carboxylic acids is 1. The first kappa shape index (κ1) is 85.8. The van der Waals surface area contributed by atoms with Gasteiger partial charge in [-0.25, -0.2) is 0 Å². The highest BCUT2D eigenvalue weighted by Crippen LogP contribution is 2.36. The second-order valence-electron chi connectivity index (χ2n) is 27.1. The van der Waals surface area contributed by atoms with Gasteiger partial charge < -0.3 is 139 Å². The van der Waals surface area contributed by atoms with Crippen molar-refractivity contribution >= 4 is 5.91 Å². The van der Waals surface area contributed by atoms with Crippen molar-refractivity contribution < 1.29 is 139 Å². The van der Waals surface area contributed by atoms with Gasteiger partial charge in [-0.1, -0.05) is 193 Å². The highest BCUT2D eigenvalue weighted by atomic mass is 16.8. The van der Waals surface area contributed by atoms with E-state index in [2.05, 4.69) is 19.2 Å². The fourth-order valence-electron chi connectivity index (χ4n) is 13.2. The molecule has 5 saturated heterocycles. The van der Waals surface area contributed by atoms with E-state index in [0.717, 1.165) is 44.9 Å². The number of unbranched alkanes of at least 4 members (excludes halogenated alkanes) is 27. The van der Waals surface area contributed by atoms with Crippen molar-refractivity contribution in [2.24, 2.45) is 0 Å². The summed E-state index contributed by atoms with van der Waals surface area (Å²) >= 11 is 0. The molecule has 5 heterocycles. The number of aliphatic hydroxyl groups excluding tert-OH is 17. The molecule has 5 fully saturated rings. The molecule has 570 valence electrons. The van der Waals surface area contributed by atoms with E-state index in [-0.39, 0.29) is 12.3 Å². The lowest BCUT2D eigenvalue weighted by Crippen LogP contribution is -2.68. The first-order chi connectivity index (χ1) is 46.8. The molecule has 5 aliphatic heterocycles. The van der Waals surface area contributed by atoms with Crippen LogP contribution in [0.3, 0.4) is 0 Å². The second-order valence-corrected chi connectivity index (χ2v) is 27.1. The van der Waals surface area contributed by atoms with Gasteiger partial charge in [-0.05, 0) is 19.3 Å². The zero-order chi connectivity index (χ0) is 70.8. The molecule has 0 radical (unpaired) electrons. The van der Waals surface area contributed by atoms with Crippen molar-refractivity contribution in [2.75, 3.05) is 39.6 Å².